The van der Waals surface area contributed by atoms with E-state index in [0.717, 1.165) is 35.8 Å². The minimum absolute atomic E-state index is 0.0124. The highest BCUT2D eigenvalue weighted by atomic mass is 16.5. The number of benzene rings is 2. The summed E-state index contributed by atoms with van der Waals surface area (Å²) >= 11 is 0. The topological polar surface area (TPSA) is 41.6 Å². The van der Waals surface area contributed by atoms with Crippen molar-refractivity contribution in [2.24, 2.45) is 5.92 Å². The molecule has 2 aromatic rings. The van der Waals surface area contributed by atoms with E-state index in [2.05, 4.69) is 42.3 Å². The Morgan fingerprint density at radius 3 is 2.62 bits per heavy atom. The van der Waals surface area contributed by atoms with Gasteiger partial charge < -0.3 is 10.1 Å². The maximum Gasteiger partial charge on any atom is 0.251 e. The molecule has 0 bridgehead atoms. The SMILES string of the molecule is CC[C@H](NC(=O)c1ccc(CN2CCC[C@H](C)C2)cc1)c1ccc(OC)c(C)c1. The Labute approximate surface area is 175 Å². The van der Waals surface area contributed by atoms with Crippen LogP contribution in [0.4, 0.5) is 0 Å². The van der Waals surface area contributed by atoms with Gasteiger partial charge in [0.2, 0.25) is 0 Å². The maximum atomic E-state index is 12.8. The zero-order valence-electron chi connectivity index (χ0n) is 18.2. The highest BCUT2D eigenvalue weighted by molar-refractivity contribution is 5.94. The fourth-order valence-electron chi connectivity index (χ4n) is 4.23. The molecule has 0 saturated carbocycles. The van der Waals surface area contributed by atoms with Gasteiger partial charge in [0, 0.05) is 18.7 Å². The largest absolute Gasteiger partial charge is 0.496 e. The van der Waals surface area contributed by atoms with Crippen LogP contribution in [0.1, 0.15) is 66.2 Å². The van der Waals surface area contributed by atoms with Crippen LogP contribution >= 0.6 is 0 Å². The summed E-state index contributed by atoms with van der Waals surface area (Å²) in [6, 6.07) is 14.2. The van der Waals surface area contributed by atoms with E-state index in [1.54, 1.807) is 7.11 Å². The molecule has 1 N–H and O–H groups in total. The van der Waals surface area contributed by atoms with Crippen LogP contribution in [-0.2, 0) is 6.54 Å². The second kappa shape index (κ2) is 9.93. The van der Waals surface area contributed by atoms with Gasteiger partial charge in [0.1, 0.15) is 5.75 Å². The van der Waals surface area contributed by atoms with Crippen LogP contribution in [0, 0.1) is 12.8 Å². The summed E-state index contributed by atoms with van der Waals surface area (Å²) < 4.78 is 5.34. The van der Waals surface area contributed by atoms with Crippen molar-refractivity contribution in [3.63, 3.8) is 0 Å². The Kier molecular flexibility index (Phi) is 7.32. The predicted octanol–water partition coefficient (Wildman–Crippen LogP) is 5.12. The smallest absolute Gasteiger partial charge is 0.251 e. The molecule has 1 heterocycles. The summed E-state index contributed by atoms with van der Waals surface area (Å²) in [6.07, 6.45) is 3.45. The van der Waals surface area contributed by atoms with Gasteiger partial charge in [-0.05, 0) is 73.5 Å². The number of hydrogen-bond acceptors (Lipinski definition) is 3. The summed E-state index contributed by atoms with van der Waals surface area (Å²) in [7, 11) is 1.68. The number of ether oxygens (including phenoxy) is 1. The highest BCUT2D eigenvalue weighted by Crippen LogP contribution is 2.24. The van der Waals surface area contributed by atoms with Crippen LogP contribution < -0.4 is 10.1 Å². The summed E-state index contributed by atoms with van der Waals surface area (Å²) in [5.74, 6) is 1.62. The lowest BCUT2D eigenvalue weighted by molar-refractivity contribution is 0.0935. The molecule has 0 unspecified atom stereocenters. The number of piperidine rings is 1. The number of carbonyl (C=O) groups is 1. The monoisotopic (exact) mass is 394 g/mol. The van der Waals surface area contributed by atoms with Crippen molar-refractivity contribution in [3.05, 3.63) is 64.7 Å². The number of aryl methyl sites for hydroxylation is 1. The van der Waals surface area contributed by atoms with E-state index < -0.39 is 0 Å². The summed E-state index contributed by atoms with van der Waals surface area (Å²) in [4.78, 5) is 15.3. The number of methoxy groups -OCH3 is 1. The van der Waals surface area contributed by atoms with Gasteiger partial charge in [-0.25, -0.2) is 0 Å². The molecule has 4 nitrogen and oxygen atoms in total. The molecular formula is C25H34N2O2. The first-order valence-electron chi connectivity index (χ1n) is 10.8. The molecule has 0 aromatic heterocycles. The van der Waals surface area contributed by atoms with Gasteiger partial charge >= 0.3 is 0 Å². The first-order chi connectivity index (χ1) is 14.0. The molecule has 2 aromatic carbocycles. The molecule has 0 aliphatic carbocycles. The highest BCUT2D eigenvalue weighted by Gasteiger charge is 2.17. The first kappa shape index (κ1) is 21.4. The van der Waals surface area contributed by atoms with Gasteiger partial charge in [0.05, 0.1) is 13.2 Å². The molecule has 2 atom stereocenters. The van der Waals surface area contributed by atoms with Crippen LogP contribution in [0.3, 0.4) is 0 Å². The van der Waals surface area contributed by atoms with Crippen LogP contribution in [0.5, 0.6) is 5.75 Å². The van der Waals surface area contributed by atoms with E-state index in [1.807, 2.05) is 31.2 Å². The lowest BCUT2D eigenvalue weighted by Gasteiger charge is -2.30. The van der Waals surface area contributed by atoms with Crippen molar-refractivity contribution >= 4 is 5.91 Å². The quantitative estimate of drug-likeness (QED) is 0.709. The number of nitrogens with zero attached hydrogens (tertiary/aromatic N) is 1. The fourth-order valence-corrected chi connectivity index (χ4v) is 4.23. The Morgan fingerprint density at radius 1 is 1.24 bits per heavy atom. The average molecular weight is 395 g/mol. The third kappa shape index (κ3) is 5.60. The van der Waals surface area contributed by atoms with Crippen molar-refractivity contribution in [3.8, 4) is 5.75 Å². The molecule has 3 rings (SSSR count). The molecular weight excluding hydrogens is 360 g/mol. The minimum atomic E-state index is -0.0246. The molecule has 4 heteroatoms. The van der Waals surface area contributed by atoms with E-state index in [9.17, 15) is 4.79 Å². The Balaban J connectivity index is 1.62. The molecule has 156 valence electrons. The van der Waals surface area contributed by atoms with Crippen LogP contribution in [0.2, 0.25) is 0 Å². The Morgan fingerprint density at radius 2 is 2.00 bits per heavy atom. The van der Waals surface area contributed by atoms with Crippen molar-refractivity contribution in [2.45, 2.75) is 52.6 Å². The van der Waals surface area contributed by atoms with Gasteiger partial charge in [-0.15, -0.1) is 0 Å². The second-order valence-corrected chi connectivity index (χ2v) is 8.34. The number of likely N-dealkylation sites (tertiary alicyclic amines) is 1. The third-order valence-electron chi connectivity index (χ3n) is 5.90. The molecule has 1 aliphatic rings. The standard InChI is InChI=1S/C25H34N2O2/c1-5-23(22-12-13-24(29-4)19(3)15-22)26-25(28)21-10-8-20(9-11-21)17-27-14-6-7-18(2)16-27/h8-13,15,18,23H,5-7,14,16-17H2,1-4H3,(H,26,28)/t18-,23-/m0/s1. The molecule has 0 spiro atoms. The zero-order valence-corrected chi connectivity index (χ0v) is 18.2. The molecule has 1 saturated heterocycles. The number of hydrogen-bond donors (Lipinski definition) is 1. The lowest BCUT2D eigenvalue weighted by Crippen LogP contribution is -2.33. The van der Waals surface area contributed by atoms with Gasteiger partial charge in [-0.1, -0.05) is 38.1 Å². The first-order valence-corrected chi connectivity index (χ1v) is 10.8. The van der Waals surface area contributed by atoms with Gasteiger partial charge in [-0.2, -0.15) is 0 Å². The van der Waals surface area contributed by atoms with E-state index >= 15 is 0 Å². The van der Waals surface area contributed by atoms with Gasteiger partial charge in [-0.3, -0.25) is 9.69 Å². The van der Waals surface area contributed by atoms with Crippen LogP contribution in [-0.4, -0.2) is 31.0 Å². The van der Waals surface area contributed by atoms with E-state index in [4.69, 9.17) is 4.74 Å². The summed E-state index contributed by atoms with van der Waals surface area (Å²) in [5.41, 5.74) is 4.17. The van der Waals surface area contributed by atoms with Crippen molar-refractivity contribution in [1.82, 2.24) is 10.2 Å². The molecule has 1 fully saturated rings. The Bertz CT molecular complexity index is 816. The normalized spacial score (nSPS) is 18.3. The molecule has 29 heavy (non-hydrogen) atoms. The molecule has 1 aliphatic heterocycles. The Hall–Kier alpha value is -2.33. The van der Waals surface area contributed by atoms with E-state index in [1.165, 1.54) is 31.5 Å². The molecule has 1 amide bonds. The second-order valence-electron chi connectivity index (χ2n) is 8.34. The number of rotatable bonds is 7. The summed E-state index contributed by atoms with van der Waals surface area (Å²) in [5, 5.41) is 3.18. The predicted molar refractivity (Wildman–Crippen MR) is 118 cm³/mol. The van der Waals surface area contributed by atoms with E-state index in [-0.39, 0.29) is 11.9 Å². The van der Waals surface area contributed by atoms with Crippen molar-refractivity contribution in [1.29, 1.82) is 0 Å². The van der Waals surface area contributed by atoms with Crippen molar-refractivity contribution < 1.29 is 9.53 Å². The number of amides is 1. The van der Waals surface area contributed by atoms with Crippen LogP contribution in [0.25, 0.3) is 0 Å². The van der Waals surface area contributed by atoms with Crippen LogP contribution in [0.15, 0.2) is 42.5 Å². The third-order valence-corrected chi connectivity index (χ3v) is 5.90. The summed E-state index contributed by atoms with van der Waals surface area (Å²) in [6.45, 7) is 9.75. The lowest BCUT2D eigenvalue weighted by atomic mass is 9.99. The zero-order chi connectivity index (χ0) is 20.8. The maximum absolute atomic E-state index is 12.8. The van der Waals surface area contributed by atoms with Gasteiger partial charge in [0.25, 0.3) is 5.91 Å². The fraction of sp³-hybridized carbons (Fsp3) is 0.480. The number of nitrogens with one attached hydrogen (secondary N) is 1. The van der Waals surface area contributed by atoms with E-state index in [0.29, 0.717) is 5.56 Å². The molecule has 0 radical (unpaired) electrons. The average Bonchev–Trinajstić information content (AvgIpc) is 2.72. The number of carbonyl (C=O) groups excluding carboxylic acids is 1. The van der Waals surface area contributed by atoms with Crippen molar-refractivity contribution in [2.75, 3.05) is 20.2 Å². The van der Waals surface area contributed by atoms with Gasteiger partial charge in [0.15, 0.2) is 0 Å². The minimum Gasteiger partial charge on any atom is -0.496 e.